The summed E-state index contributed by atoms with van der Waals surface area (Å²) in [6, 6.07) is 22.5. The molecule has 2 amide bonds. The lowest BCUT2D eigenvalue weighted by Gasteiger charge is -2.33. The zero-order valence-corrected chi connectivity index (χ0v) is 24.0. The number of nitrogens with zero attached hydrogens (tertiary/aromatic N) is 1. The van der Waals surface area contributed by atoms with E-state index in [1.807, 2.05) is 61.5 Å². The molecule has 200 valence electrons. The zero-order valence-electron chi connectivity index (χ0n) is 21.7. The number of amides is 2. The second kappa shape index (κ2) is 13.8. The van der Waals surface area contributed by atoms with Crippen LogP contribution < -0.4 is 10.1 Å². The Hall–Kier alpha value is -2.83. The molecule has 0 radical (unpaired) electrons. The van der Waals surface area contributed by atoms with E-state index >= 15 is 0 Å². The van der Waals surface area contributed by atoms with Crippen LogP contribution in [0.3, 0.4) is 0 Å². The molecule has 0 unspecified atom stereocenters. The highest BCUT2D eigenvalue weighted by Crippen LogP contribution is 2.28. The fraction of sp³-hybridized carbons (Fsp3) is 0.355. The average molecular weight is 598 g/mol. The van der Waals surface area contributed by atoms with Gasteiger partial charge in [-0.2, -0.15) is 0 Å². The molecule has 4 rings (SSSR count). The molecule has 1 atom stereocenters. The van der Waals surface area contributed by atoms with Crippen LogP contribution in [0.4, 0.5) is 0 Å². The molecule has 7 heteroatoms. The van der Waals surface area contributed by atoms with E-state index in [1.165, 1.54) is 6.42 Å². The summed E-state index contributed by atoms with van der Waals surface area (Å²) in [7, 11) is 0. The van der Waals surface area contributed by atoms with E-state index in [0.717, 1.165) is 42.4 Å². The Morgan fingerprint density at radius 1 is 1.00 bits per heavy atom. The van der Waals surface area contributed by atoms with Crippen molar-refractivity contribution in [3.63, 3.8) is 0 Å². The van der Waals surface area contributed by atoms with Crippen molar-refractivity contribution in [3.8, 4) is 5.75 Å². The van der Waals surface area contributed by atoms with Crippen molar-refractivity contribution >= 4 is 39.3 Å². The van der Waals surface area contributed by atoms with Crippen LogP contribution in [0.15, 0.2) is 77.3 Å². The molecular formula is C31H34BrClN2O3. The van der Waals surface area contributed by atoms with Crippen molar-refractivity contribution in [2.75, 3.05) is 6.61 Å². The number of ether oxygens (including phenoxy) is 1. The molecular weight excluding hydrogens is 564 g/mol. The molecule has 3 aromatic carbocycles. The van der Waals surface area contributed by atoms with E-state index in [9.17, 15) is 9.59 Å². The van der Waals surface area contributed by atoms with Crippen molar-refractivity contribution in [3.05, 3.63) is 99.0 Å². The van der Waals surface area contributed by atoms with Gasteiger partial charge in [-0.05, 0) is 65.0 Å². The maximum Gasteiger partial charge on any atom is 0.261 e. The Kier molecular flexibility index (Phi) is 10.2. The summed E-state index contributed by atoms with van der Waals surface area (Å²) < 4.78 is 6.56. The number of aryl methyl sites for hydroxylation is 1. The number of halogens is 2. The van der Waals surface area contributed by atoms with Gasteiger partial charge in [0.2, 0.25) is 5.91 Å². The Labute approximate surface area is 238 Å². The monoisotopic (exact) mass is 596 g/mol. The third-order valence-corrected chi connectivity index (χ3v) is 7.80. The largest absolute Gasteiger partial charge is 0.483 e. The molecule has 0 aliphatic heterocycles. The summed E-state index contributed by atoms with van der Waals surface area (Å²) in [6.45, 7) is 2.13. The Balaban J connectivity index is 1.61. The van der Waals surface area contributed by atoms with E-state index in [2.05, 4.69) is 21.2 Å². The number of carbonyl (C=O) groups excluding carboxylic acids is 2. The summed E-state index contributed by atoms with van der Waals surface area (Å²) >= 11 is 9.51. The van der Waals surface area contributed by atoms with Crippen LogP contribution in [0.5, 0.6) is 5.75 Å². The minimum Gasteiger partial charge on any atom is -0.483 e. The second-order valence-corrected chi connectivity index (χ2v) is 11.2. The van der Waals surface area contributed by atoms with Gasteiger partial charge < -0.3 is 15.0 Å². The van der Waals surface area contributed by atoms with Crippen LogP contribution >= 0.6 is 27.5 Å². The van der Waals surface area contributed by atoms with Crippen molar-refractivity contribution in [2.45, 2.75) is 64.1 Å². The number of carbonyl (C=O) groups is 2. The second-order valence-electron chi connectivity index (χ2n) is 9.92. The van der Waals surface area contributed by atoms with Gasteiger partial charge in [-0.3, -0.25) is 9.59 Å². The van der Waals surface area contributed by atoms with Crippen molar-refractivity contribution < 1.29 is 14.3 Å². The minimum absolute atomic E-state index is 0.117. The molecule has 1 aliphatic carbocycles. The van der Waals surface area contributed by atoms with Gasteiger partial charge >= 0.3 is 0 Å². The fourth-order valence-corrected chi connectivity index (χ4v) is 5.60. The lowest BCUT2D eigenvalue weighted by molar-refractivity contribution is -0.143. The SMILES string of the molecule is Cc1ccc(CN(C(=O)COc2ccc(Cl)cc2Br)[C@H](Cc2ccccc2)C(=O)NC2CCCCC2)cc1. The van der Waals surface area contributed by atoms with E-state index in [4.69, 9.17) is 16.3 Å². The Bertz CT molecular complexity index is 1210. The summed E-state index contributed by atoms with van der Waals surface area (Å²) in [4.78, 5) is 29.2. The van der Waals surface area contributed by atoms with Crippen LogP contribution in [0.1, 0.15) is 48.8 Å². The first kappa shape index (κ1) is 28.2. The van der Waals surface area contributed by atoms with Gasteiger partial charge in [-0.15, -0.1) is 0 Å². The smallest absolute Gasteiger partial charge is 0.261 e. The molecule has 1 fully saturated rings. The number of nitrogens with one attached hydrogen (secondary N) is 1. The van der Waals surface area contributed by atoms with E-state index in [1.54, 1.807) is 23.1 Å². The third-order valence-electron chi connectivity index (χ3n) is 6.94. The summed E-state index contributed by atoms with van der Waals surface area (Å²) in [5.41, 5.74) is 3.10. The summed E-state index contributed by atoms with van der Waals surface area (Å²) in [5.74, 6) is 0.144. The summed E-state index contributed by atoms with van der Waals surface area (Å²) in [5, 5.41) is 3.83. The van der Waals surface area contributed by atoms with Crippen LogP contribution in [0.25, 0.3) is 0 Å². The number of hydrogen-bond donors (Lipinski definition) is 1. The fourth-order valence-electron chi connectivity index (χ4n) is 4.80. The van der Waals surface area contributed by atoms with E-state index in [0.29, 0.717) is 28.2 Å². The average Bonchev–Trinajstić information content (AvgIpc) is 2.92. The van der Waals surface area contributed by atoms with Crippen molar-refractivity contribution in [2.24, 2.45) is 0 Å². The number of rotatable bonds is 10. The topological polar surface area (TPSA) is 58.6 Å². The molecule has 1 saturated carbocycles. The third kappa shape index (κ3) is 8.08. The molecule has 0 aromatic heterocycles. The van der Waals surface area contributed by atoms with E-state index < -0.39 is 6.04 Å². The van der Waals surface area contributed by atoms with Crippen LogP contribution in [-0.2, 0) is 22.6 Å². The summed E-state index contributed by atoms with van der Waals surface area (Å²) in [6.07, 6.45) is 5.80. The Morgan fingerprint density at radius 3 is 2.39 bits per heavy atom. The lowest BCUT2D eigenvalue weighted by atomic mass is 9.94. The van der Waals surface area contributed by atoms with Crippen LogP contribution in [0.2, 0.25) is 5.02 Å². The first-order valence-electron chi connectivity index (χ1n) is 13.2. The predicted octanol–water partition coefficient (Wildman–Crippen LogP) is 6.88. The van der Waals surface area contributed by atoms with Gasteiger partial charge in [0.15, 0.2) is 6.61 Å². The van der Waals surface area contributed by atoms with Crippen molar-refractivity contribution in [1.82, 2.24) is 10.2 Å². The van der Waals surface area contributed by atoms with Gasteiger partial charge in [-0.1, -0.05) is 91.0 Å². The van der Waals surface area contributed by atoms with Crippen LogP contribution in [0, 0.1) is 6.92 Å². The number of hydrogen-bond acceptors (Lipinski definition) is 3. The molecule has 0 heterocycles. The maximum absolute atomic E-state index is 13.8. The van der Waals surface area contributed by atoms with E-state index in [-0.39, 0.29) is 24.5 Å². The molecule has 0 spiro atoms. The highest BCUT2D eigenvalue weighted by Gasteiger charge is 2.32. The molecule has 0 bridgehead atoms. The van der Waals surface area contributed by atoms with Crippen molar-refractivity contribution in [1.29, 1.82) is 0 Å². The maximum atomic E-state index is 13.8. The lowest BCUT2D eigenvalue weighted by Crippen LogP contribution is -2.53. The minimum atomic E-state index is -0.676. The Morgan fingerprint density at radius 2 is 1.71 bits per heavy atom. The quantitative estimate of drug-likeness (QED) is 0.277. The molecule has 38 heavy (non-hydrogen) atoms. The standard InChI is InChI=1S/C31H34BrClN2O3/c1-22-12-14-24(15-13-22)20-35(30(36)21-38-29-17-16-25(33)19-27(29)32)28(18-23-8-4-2-5-9-23)31(37)34-26-10-6-3-7-11-26/h2,4-5,8-9,12-17,19,26,28H,3,6-7,10-11,18,20-21H2,1H3,(H,34,37)/t28-/m1/s1. The first-order valence-corrected chi connectivity index (χ1v) is 14.3. The predicted molar refractivity (Wildman–Crippen MR) is 155 cm³/mol. The van der Waals surface area contributed by atoms with Gasteiger partial charge in [0.25, 0.3) is 5.91 Å². The molecule has 1 N–H and O–H groups in total. The molecule has 3 aromatic rings. The van der Waals surface area contributed by atoms with Crippen LogP contribution in [-0.4, -0.2) is 35.4 Å². The first-order chi connectivity index (χ1) is 18.4. The van der Waals surface area contributed by atoms with Gasteiger partial charge in [0.05, 0.1) is 4.47 Å². The highest BCUT2D eigenvalue weighted by molar-refractivity contribution is 9.10. The molecule has 5 nitrogen and oxygen atoms in total. The molecule has 1 aliphatic rings. The zero-order chi connectivity index (χ0) is 26.9. The highest BCUT2D eigenvalue weighted by atomic mass is 79.9. The van der Waals surface area contributed by atoms with Gasteiger partial charge in [-0.25, -0.2) is 0 Å². The number of benzene rings is 3. The normalized spacial score (nSPS) is 14.5. The molecule has 0 saturated heterocycles. The van der Waals surface area contributed by atoms with Gasteiger partial charge in [0, 0.05) is 24.0 Å². The van der Waals surface area contributed by atoms with Gasteiger partial charge in [0.1, 0.15) is 11.8 Å².